The maximum absolute atomic E-state index is 12.3. The van der Waals surface area contributed by atoms with Crippen molar-refractivity contribution in [3.05, 3.63) is 58.1 Å². The Balaban J connectivity index is 2.29. The molecule has 0 radical (unpaired) electrons. The number of amides is 1. The molecule has 0 spiro atoms. The van der Waals surface area contributed by atoms with Gasteiger partial charge in [0, 0.05) is 12.1 Å². The monoisotopic (exact) mass is 360 g/mol. The van der Waals surface area contributed by atoms with Crippen molar-refractivity contribution in [1.82, 2.24) is 5.32 Å². The minimum absolute atomic E-state index is 0.0843. The van der Waals surface area contributed by atoms with Gasteiger partial charge in [-0.05, 0) is 30.3 Å². The number of non-ortho nitro benzene ring substituents is 1. The first kappa shape index (κ1) is 18.7. The van der Waals surface area contributed by atoms with E-state index in [0.717, 1.165) is 6.07 Å². The van der Waals surface area contributed by atoms with Crippen LogP contribution in [0.1, 0.15) is 10.4 Å². The number of methoxy groups -OCH3 is 2. The molecule has 0 unspecified atom stereocenters. The van der Waals surface area contributed by atoms with Crippen LogP contribution in [0.3, 0.4) is 0 Å². The molecule has 2 aromatic carbocycles. The lowest BCUT2D eigenvalue weighted by molar-refractivity contribution is -0.384. The Morgan fingerprint density at radius 1 is 1.08 bits per heavy atom. The third-order valence-electron chi connectivity index (χ3n) is 3.33. The van der Waals surface area contributed by atoms with Crippen molar-refractivity contribution >= 4 is 17.6 Å². The molecule has 1 N–H and O–H groups in total. The van der Waals surface area contributed by atoms with E-state index in [0.29, 0.717) is 11.5 Å². The number of nitro benzene ring substituents is 1. The van der Waals surface area contributed by atoms with E-state index in [1.165, 1.54) is 26.4 Å². The molecule has 0 aromatic heterocycles. The summed E-state index contributed by atoms with van der Waals surface area (Å²) < 4.78 is 15.1. The lowest BCUT2D eigenvalue weighted by Crippen LogP contribution is -2.30. The van der Waals surface area contributed by atoms with Gasteiger partial charge in [-0.25, -0.2) is 0 Å². The van der Waals surface area contributed by atoms with Gasteiger partial charge in [0.15, 0.2) is 0 Å². The lowest BCUT2D eigenvalue weighted by Gasteiger charge is -2.11. The van der Waals surface area contributed by atoms with Crippen LogP contribution in [0, 0.1) is 10.1 Å². The smallest absolute Gasteiger partial charge is 0.325 e. The molecule has 0 fully saturated rings. The molecule has 0 aliphatic carbocycles. The number of carbonyl (C=O) groups is 2. The van der Waals surface area contributed by atoms with Crippen LogP contribution in [-0.2, 0) is 9.53 Å². The number of carbonyl (C=O) groups excluding carboxylic acids is 2. The zero-order valence-electron chi connectivity index (χ0n) is 14.1. The average Bonchev–Trinajstić information content (AvgIpc) is 2.66. The zero-order chi connectivity index (χ0) is 19.1. The van der Waals surface area contributed by atoms with E-state index in [4.69, 9.17) is 9.47 Å². The van der Waals surface area contributed by atoms with E-state index in [1.54, 1.807) is 24.3 Å². The predicted octanol–water partition coefficient (Wildman–Crippen LogP) is 2.30. The van der Waals surface area contributed by atoms with E-state index >= 15 is 0 Å². The SMILES string of the molecule is COC(=O)CNC(=O)c1cc([N+](=O)[O-])ccc1Oc1ccc(OC)cc1. The summed E-state index contributed by atoms with van der Waals surface area (Å²) in [7, 11) is 2.70. The summed E-state index contributed by atoms with van der Waals surface area (Å²) in [5.74, 6) is -0.231. The van der Waals surface area contributed by atoms with Crippen LogP contribution in [0.4, 0.5) is 5.69 Å². The Hall–Kier alpha value is -3.62. The van der Waals surface area contributed by atoms with Crippen molar-refractivity contribution in [3.63, 3.8) is 0 Å². The van der Waals surface area contributed by atoms with Gasteiger partial charge >= 0.3 is 5.97 Å². The summed E-state index contributed by atoms with van der Waals surface area (Å²) >= 11 is 0. The molecule has 2 aromatic rings. The summed E-state index contributed by atoms with van der Waals surface area (Å²) in [6.45, 7) is -0.375. The number of rotatable bonds is 7. The maximum atomic E-state index is 12.3. The van der Waals surface area contributed by atoms with Gasteiger partial charge in [0.05, 0.1) is 24.7 Å². The molecule has 0 aliphatic heterocycles. The predicted molar refractivity (Wildman–Crippen MR) is 90.5 cm³/mol. The second kappa shape index (κ2) is 8.47. The molecule has 0 saturated carbocycles. The fourth-order valence-electron chi connectivity index (χ4n) is 1.99. The Labute approximate surface area is 148 Å². The highest BCUT2D eigenvalue weighted by Crippen LogP contribution is 2.29. The second-order valence-electron chi connectivity index (χ2n) is 4.97. The van der Waals surface area contributed by atoms with E-state index < -0.39 is 16.8 Å². The van der Waals surface area contributed by atoms with Gasteiger partial charge in [-0.15, -0.1) is 0 Å². The number of esters is 1. The van der Waals surface area contributed by atoms with Gasteiger partial charge in [0.2, 0.25) is 0 Å². The van der Waals surface area contributed by atoms with E-state index in [1.807, 2.05) is 0 Å². The molecular weight excluding hydrogens is 344 g/mol. The molecule has 26 heavy (non-hydrogen) atoms. The summed E-state index contributed by atoms with van der Waals surface area (Å²) in [5, 5.41) is 13.3. The molecule has 136 valence electrons. The molecule has 1 amide bonds. The molecule has 9 nitrogen and oxygen atoms in total. The van der Waals surface area contributed by atoms with Crippen LogP contribution in [-0.4, -0.2) is 37.6 Å². The van der Waals surface area contributed by atoms with Gasteiger partial charge in [-0.2, -0.15) is 0 Å². The molecule has 0 bridgehead atoms. The van der Waals surface area contributed by atoms with Crippen LogP contribution < -0.4 is 14.8 Å². The number of hydrogen-bond donors (Lipinski definition) is 1. The second-order valence-corrected chi connectivity index (χ2v) is 4.97. The minimum atomic E-state index is -0.706. The fraction of sp³-hybridized carbons (Fsp3) is 0.176. The molecule has 9 heteroatoms. The Kier molecular flexibility index (Phi) is 6.10. The van der Waals surface area contributed by atoms with Crippen LogP contribution in [0.5, 0.6) is 17.2 Å². The highest BCUT2D eigenvalue weighted by molar-refractivity contribution is 5.99. The molecule has 0 heterocycles. The largest absolute Gasteiger partial charge is 0.497 e. The third kappa shape index (κ3) is 4.69. The summed E-state index contributed by atoms with van der Waals surface area (Å²) in [6.07, 6.45) is 0. The van der Waals surface area contributed by atoms with Gasteiger partial charge < -0.3 is 19.5 Å². The van der Waals surface area contributed by atoms with E-state index in [9.17, 15) is 19.7 Å². The number of nitro groups is 1. The standard InChI is InChI=1S/C17H16N2O7/c1-24-12-4-6-13(7-5-12)26-15-8-3-11(19(22)23)9-14(15)17(21)18-10-16(20)25-2/h3-9H,10H2,1-2H3,(H,18,21). The number of ether oxygens (including phenoxy) is 3. The van der Waals surface area contributed by atoms with Gasteiger partial charge in [-0.1, -0.05) is 0 Å². The van der Waals surface area contributed by atoms with Crippen molar-refractivity contribution in [2.45, 2.75) is 0 Å². The maximum Gasteiger partial charge on any atom is 0.325 e. The summed E-state index contributed by atoms with van der Waals surface area (Å²) in [4.78, 5) is 33.8. The molecule has 2 rings (SSSR count). The molecule has 0 atom stereocenters. The Bertz CT molecular complexity index is 818. The molecular formula is C17H16N2O7. The number of benzene rings is 2. The van der Waals surface area contributed by atoms with Gasteiger partial charge in [0.25, 0.3) is 11.6 Å². The van der Waals surface area contributed by atoms with Crippen LogP contribution in [0.15, 0.2) is 42.5 Å². The highest BCUT2D eigenvalue weighted by atomic mass is 16.6. The number of hydrogen-bond acceptors (Lipinski definition) is 7. The van der Waals surface area contributed by atoms with Gasteiger partial charge in [-0.3, -0.25) is 19.7 Å². The van der Waals surface area contributed by atoms with Crippen molar-refractivity contribution in [3.8, 4) is 17.2 Å². The number of nitrogens with zero attached hydrogens (tertiary/aromatic N) is 1. The lowest BCUT2D eigenvalue weighted by atomic mass is 10.1. The van der Waals surface area contributed by atoms with Crippen LogP contribution in [0.25, 0.3) is 0 Å². The van der Waals surface area contributed by atoms with Crippen molar-refractivity contribution in [1.29, 1.82) is 0 Å². The third-order valence-corrected chi connectivity index (χ3v) is 3.33. The fourth-order valence-corrected chi connectivity index (χ4v) is 1.99. The van der Waals surface area contributed by atoms with E-state index in [-0.39, 0.29) is 23.5 Å². The molecule has 0 saturated heterocycles. The van der Waals surface area contributed by atoms with Crippen LogP contribution >= 0.6 is 0 Å². The average molecular weight is 360 g/mol. The van der Waals surface area contributed by atoms with Crippen LogP contribution in [0.2, 0.25) is 0 Å². The first-order valence-corrected chi connectivity index (χ1v) is 7.40. The minimum Gasteiger partial charge on any atom is -0.497 e. The summed E-state index contributed by atoms with van der Waals surface area (Å²) in [6, 6.07) is 10.2. The quantitative estimate of drug-likeness (QED) is 0.457. The van der Waals surface area contributed by atoms with Crippen molar-refractivity contribution in [2.75, 3.05) is 20.8 Å². The summed E-state index contributed by atoms with van der Waals surface area (Å²) in [5.41, 5.74) is -0.366. The van der Waals surface area contributed by atoms with Crippen molar-refractivity contribution in [2.24, 2.45) is 0 Å². The first-order valence-electron chi connectivity index (χ1n) is 7.40. The number of nitrogens with one attached hydrogen (secondary N) is 1. The normalized spacial score (nSPS) is 9.92. The topological polar surface area (TPSA) is 117 Å². The van der Waals surface area contributed by atoms with Crippen molar-refractivity contribution < 1.29 is 28.7 Å². The Morgan fingerprint density at radius 3 is 2.31 bits per heavy atom. The first-order chi connectivity index (χ1) is 12.4. The molecule has 0 aliphatic rings. The Morgan fingerprint density at radius 2 is 1.73 bits per heavy atom. The van der Waals surface area contributed by atoms with E-state index in [2.05, 4.69) is 10.1 Å². The zero-order valence-corrected chi connectivity index (χ0v) is 14.1. The highest BCUT2D eigenvalue weighted by Gasteiger charge is 2.19. The van der Waals surface area contributed by atoms with Gasteiger partial charge in [0.1, 0.15) is 23.8 Å².